The fraction of sp³-hybridized carbons (Fsp3) is 0.300. The van der Waals surface area contributed by atoms with Gasteiger partial charge in [-0.25, -0.2) is 0 Å². The van der Waals surface area contributed by atoms with Gasteiger partial charge in [0.1, 0.15) is 0 Å². The summed E-state index contributed by atoms with van der Waals surface area (Å²) in [5, 5.41) is 17.5. The third-order valence-corrected chi connectivity index (χ3v) is 2.09. The van der Waals surface area contributed by atoms with Crippen molar-refractivity contribution in [2.24, 2.45) is 0 Å². The van der Waals surface area contributed by atoms with Crippen LogP contribution in [-0.2, 0) is 4.74 Å². The molecule has 0 aliphatic heterocycles. The van der Waals surface area contributed by atoms with E-state index in [0.29, 0.717) is 17.2 Å². The van der Waals surface area contributed by atoms with Gasteiger partial charge in [0, 0.05) is 10.6 Å². The minimum atomic E-state index is -1.08. The van der Waals surface area contributed by atoms with Crippen LogP contribution in [0.5, 0.6) is 0 Å². The predicted octanol–water partition coefficient (Wildman–Crippen LogP) is 2.81. The number of hydrogen-bond donors (Lipinski definition) is 2. The van der Waals surface area contributed by atoms with Gasteiger partial charge in [0.15, 0.2) is 6.10 Å². The van der Waals surface area contributed by atoms with E-state index in [-0.39, 0.29) is 18.3 Å². The number of halogens is 2. The Balaban J connectivity index is 0.00000196. The Morgan fingerprint density at radius 2 is 2.13 bits per heavy atom. The Morgan fingerprint density at radius 1 is 1.53 bits per heavy atom. The zero-order chi connectivity index (χ0) is 10.6. The van der Waals surface area contributed by atoms with E-state index in [1.807, 2.05) is 0 Å². The number of rotatable bonds is 3. The second-order valence-corrected chi connectivity index (χ2v) is 3.13. The normalized spacial score (nSPS) is 11.4. The van der Waals surface area contributed by atoms with Crippen molar-refractivity contribution < 1.29 is 9.84 Å². The first-order valence-electron chi connectivity index (χ1n) is 4.30. The highest BCUT2D eigenvalue weighted by Gasteiger charge is 2.16. The summed E-state index contributed by atoms with van der Waals surface area (Å²) in [4.78, 5) is 0. The Kier molecular flexibility index (Phi) is 6.32. The predicted molar refractivity (Wildman–Crippen MR) is 63.0 cm³/mol. The molecule has 0 spiro atoms. The van der Waals surface area contributed by atoms with Crippen LogP contribution in [0, 0.1) is 5.41 Å². The fourth-order valence-corrected chi connectivity index (χ4v) is 1.31. The summed E-state index contributed by atoms with van der Waals surface area (Å²) in [5.41, 5.74) is 0.493. The molecular formula is C10H13Cl2NO2. The van der Waals surface area contributed by atoms with Gasteiger partial charge >= 0.3 is 0 Å². The molecule has 0 saturated carbocycles. The average Bonchev–Trinajstić information content (AvgIpc) is 2.18. The quantitative estimate of drug-likeness (QED) is 0.640. The van der Waals surface area contributed by atoms with Crippen LogP contribution in [0.25, 0.3) is 0 Å². The van der Waals surface area contributed by atoms with Crippen molar-refractivity contribution >= 4 is 29.9 Å². The molecule has 1 atom stereocenters. The highest BCUT2D eigenvalue weighted by Crippen LogP contribution is 2.23. The summed E-state index contributed by atoms with van der Waals surface area (Å²) in [5.74, 6) is -0.180. The summed E-state index contributed by atoms with van der Waals surface area (Å²) in [6, 6.07) is 6.85. The molecule has 0 saturated heterocycles. The van der Waals surface area contributed by atoms with Gasteiger partial charge in [-0.3, -0.25) is 5.41 Å². The first kappa shape index (κ1) is 14.2. The van der Waals surface area contributed by atoms with Gasteiger partial charge in [-0.15, -0.1) is 12.4 Å². The smallest absolute Gasteiger partial charge is 0.215 e. The largest absolute Gasteiger partial charge is 0.479 e. The standard InChI is InChI=1S/C10H12ClNO2.ClH/c1-2-14-10(12)9(13)7-5-3-4-6-8(7)11;/h3-6,9,12-13H,2H2,1H3;1H. The molecule has 3 nitrogen and oxygen atoms in total. The van der Waals surface area contributed by atoms with Crippen molar-refractivity contribution in [1.82, 2.24) is 0 Å². The summed E-state index contributed by atoms with van der Waals surface area (Å²) >= 11 is 5.85. The van der Waals surface area contributed by atoms with Crippen molar-refractivity contribution in [3.63, 3.8) is 0 Å². The maximum atomic E-state index is 9.67. The van der Waals surface area contributed by atoms with E-state index in [2.05, 4.69) is 0 Å². The molecule has 5 heteroatoms. The number of hydrogen-bond acceptors (Lipinski definition) is 3. The van der Waals surface area contributed by atoms with Crippen LogP contribution in [0.2, 0.25) is 5.02 Å². The topological polar surface area (TPSA) is 53.3 Å². The minimum absolute atomic E-state index is 0. The lowest BCUT2D eigenvalue weighted by molar-refractivity contribution is 0.190. The van der Waals surface area contributed by atoms with Crippen LogP contribution in [0.4, 0.5) is 0 Å². The summed E-state index contributed by atoms with van der Waals surface area (Å²) in [6.07, 6.45) is -1.08. The number of nitrogens with one attached hydrogen (secondary N) is 1. The Morgan fingerprint density at radius 3 is 2.67 bits per heavy atom. The van der Waals surface area contributed by atoms with E-state index in [0.717, 1.165) is 0 Å². The molecule has 0 aliphatic rings. The highest BCUT2D eigenvalue weighted by molar-refractivity contribution is 6.31. The van der Waals surface area contributed by atoms with Gasteiger partial charge in [-0.2, -0.15) is 0 Å². The molecule has 0 radical (unpaired) electrons. The molecule has 84 valence electrons. The fourth-order valence-electron chi connectivity index (χ4n) is 1.07. The minimum Gasteiger partial charge on any atom is -0.479 e. The van der Waals surface area contributed by atoms with Crippen molar-refractivity contribution in [2.75, 3.05) is 6.61 Å². The molecule has 1 aromatic carbocycles. The molecule has 0 aromatic heterocycles. The number of aliphatic hydroxyl groups excluding tert-OH is 1. The van der Waals surface area contributed by atoms with E-state index in [1.165, 1.54) is 0 Å². The van der Waals surface area contributed by atoms with Crippen LogP contribution in [0.1, 0.15) is 18.6 Å². The zero-order valence-corrected chi connectivity index (χ0v) is 9.81. The van der Waals surface area contributed by atoms with Crippen molar-refractivity contribution in [3.05, 3.63) is 34.9 Å². The highest BCUT2D eigenvalue weighted by atomic mass is 35.5. The molecule has 1 aromatic rings. The molecule has 1 unspecified atom stereocenters. The van der Waals surface area contributed by atoms with Crippen LogP contribution in [0.15, 0.2) is 24.3 Å². The van der Waals surface area contributed by atoms with E-state index < -0.39 is 6.10 Å². The van der Waals surface area contributed by atoms with Crippen molar-refractivity contribution in [3.8, 4) is 0 Å². The van der Waals surface area contributed by atoms with E-state index in [4.69, 9.17) is 21.7 Å². The van der Waals surface area contributed by atoms with Gasteiger partial charge < -0.3 is 9.84 Å². The molecule has 0 heterocycles. The molecule has 0 aliphatic carbocycles. The Labute approximate surface area is 99.9 Å². The van der Waals surface area contributed by atoms with Crippen molar-refractivity contribution in [1.29, 1.82) is 5.41 Å². The third kappa shape index (κ3) is 3.70. The second-order valence-electron chi connectivity index (χ2n) is 2.72. The Bertz CT molecular complexity index is 331. The van der Waals surface area contributed by atoms with Gasteiger partial charge in [-0.05, 0) is 13.0 Å². The second kappa shape index (κ2) is 6.67. The lowest BCUT2D eigenvalue weighted by Crippen LogP contribution is -2.14. The maximum Gasteiger partial charge on any atom is 0.215 e. The maximum absolute atomic E-state index is 9.67. The van der Waals surface area contributed by atoms with Crippen LogP contribution in [0.3, 0.4) is 0 Å². The molecule has 2 N–H and O–H groups in total. The van der Waals surface area contributed by atoms with Gasteiger partial charge in [0.2, 0.25) is 5.90 Å². The first-order chi connectivity index (χ1) is 6.66. The van der Waals surface area contributed by atoms with Gasteiger partial charge in [-0.1, -0.05) is 29.8 Å². The summed E-state index contributed by atoms with van der Waals surface area (Å²) in [7, 11) is 0. The van der Waals surface area contributed by atoms with Crippen LogP contribution >= 0.6 is 24.0 Å². The summed E-state index contributed by atoms with van der Waals surface area (Å²) < 4.78 is 4.89. The molecule has 15 heavy (non-hydrogen) atoms. The number of ether oxygens (including phenoxy) is 1. The Hall–Kier alpha value is -0.770. The lowest BCUT2D eigenvalue weighted by Gasteiger charge is -2.13. The van der Waals surface area contributed by atoms with Crippen molar-refractivity contribution in [2.45, 2.75) is 13.0 Å². The monoisotopic (exact) mass is 249 g/mol. The molecule has 0 amide bonds. The van der Waals surface area contributed by atoms with E-state index in [9.17, 15) is 5.11 Å². The van der Waals surface area contributed by atoms with Crippen LogP contribution in [-0.4, -0.2) is 17.6 Å². The van der Waals surface area contributed by atoms with Crippen LogP contribution < -0.4 is 0 Å². The first-order valence-corrected chi connectivity index (χ1v) is 4.68. The number of benzene rings is 1. The van der Waals surface area contributed by atoms with Gasteiger partial charge in [0.05, 0.1) is 6.61 Å². The third-order valence-electron chi connectivity index (χ3n) is 1.75. The van der Waals surface area contributed by atoms with E-state index >= 15 is 0 Å². The van der Waals surface area contributed by atoms with Gasteiger partial charge in [0.25, 0.3) is 0 Å². The zero-order valence-electron chi connectivity index (χ0n) is 8.24. The van der Waals surface area contributed by atoms with E-state index in [1.54, 1.807) is 31.2 Å². The average molecular weight is 250 g/mol. The number of aliphatic hydroxyl groups is 1. The molecule has 1 rings (SSSR count). The molecule has 0 fully saturated rings. The SMILES string of the molecule is CCOC(=N)C(O)c1ccccc1Cl.Cl. The lowest BCUT2D eigenvalue weighted by atomic mass is 10.1. The molecular weight excluding hydrogens is 237 g/mol. The molecule has 0 bridgehead atoms. The summed E-state index contributed by atoms with van der Waals surface area (Å²) in [6.45, 7) is 2.12.